The highest BCUT2D eigenvalue weighted by Crippen LogP contribution is 2.19. The summed E-state index contributed by atoms with van der Waals surface area (Å²) in [4.78, 5) is 12.0. The van der Waals surface area contributed by atoms with Crippen molar-refractivity contribution in [2.24, 2.45) is 5.10 Å². The molecule has 0 atom stereocenters. The first-order chi connectivity index (χ1) is 10.1. The molecule has 5 heteroatoms. The van der Waals surface area contributed by atoms with E-state index in [0.29, 0.717) is 28.4 Å². The maximum atomic E-state index is 12.0. The minimum atomic E-state index is -0.262. The number of carbonyl (C=O) groups is 1. The molecule has 3 N–H and O–H groups in total. The van der Waals surface area contributed by atoms with Crippen LogP contribution in [-0.4, -0.2) is 11.6 Å². The number of amides is 1. The molecule has 0 fully saturated rings. The van der Waals surface area contributed by atoms with Crippen molar-refractivity contribution in [1.29, 1.82) is 0 Å². The molecule has 0 aromatic heterocycles. The molecule has 0 unspecified atom stereocenters. The Labute approximate surface area is 128 Å². The van der Waals surface area contributed by atoms with E-state index in [1.807, 2.05) is 13.0 Å². The van der Waals surface area contributed by atoms with E-state index in [0.717, 1.165) is 5.56 Å². The number of hydrogen-bond acceptors (Lipinski definition) is 3. The Bertz CT molecular complexity index is 668. The summed E-state index contributed by atoms with van der Waals surface area (Å²) in [5, 5.41) is 4.75. The number of hydrogen-bond donors (Lipinski definition) is 2. The maximum absolute atomic E-state index is 12.0. The van der Waals surface area contributed by atoms with Crippen LogP contribution >= 0.6 is 11.6 Å². The highest BCUT2D eigenvalue weighted by molar-refractivity contribution is 6.31. The zero-order chi connectivity index (χ0) is 15.2. The topological polar surface area (TPSA) is 67.5 Å². The van der Waals surface area contributed by atoms with Gasteiger partial charge >= 0.3 is 0 Å². The predicted octanol–water partition coefficient (Wildman–Crippen LogP) is 3.47. The van der Waals surface area contributed by atoms with Crippen molar-refractivity contribution in [3.63, 3.8) is 0 Å². The van der Waals surface area contributed by atoms with Gasteiger partial charge in [0.15, 0.2) is 0 Å². The number of halogens is 1. The van der Waals surface area contributed by atoms with E-state index in [-0.39, 0.29) is 5.91 Å². The van der Waals surface area contributed by atoms with Gasteiger partial charge < -0.3 is 5.73 Å². The fraction of sp³-hybridized carbons (Fsp3) is 0.125. The predicted molar refractivity (Wildman–Crippen MR) is 86.6 cm³/mol. The summed E-state index contributed by atoms with van der Waals surface area (Å²) in [6, 6.07) is 14.1. The molecule has 0 saturated carbocycles. The van der Waals surface area contributed by atoms with Crippen molar-refractivity contribution in [1.82, 2.24) is 5.43 Å². The van der Waals surface area contributed by atoms with Crippen LogP contribution in [0.25, 0.3) is 0 Å². The molecule has 2 aromatic rings. The van der Waals surface area contributed by atoms with Crippen molar-refractivity contribution in [3.8, 4) is 0 Å². The molecular weight excluding hydrogens is 286 g/mol. The van der Waals surface area contributed by atoms with Crippen molar-refractivity contribution in [2.45, 2.75) is 13.3 Å². The van der Waals surface area contributed by atoms with E-state index < -0.39 is 0 Å². The second-order valence-electron chi connectivity index (χ2n) is 4.45. The molecule has 1 amide bonds. The molecule has 0 radical (unpaired) electrons. The summed E-state index contributed by atoms with van der Waals surface area (Å²) in [6.45, 7) is 1.94. The number of benzene rings is 2. The lowest BCUT2D eigenvalue weighted by molar-refractivity contribution is 0.0955. The molecule has 21 heavy (non-hydrogen) atoms. The van der Waals surface area contributed by atoms with Crippen molar-refractivity contribution in [2.75, 3.05) is 5.73 Å². The van der Waals surface area contributed by atoms with Gasteiger partial charge in [-0.3, -0.25) is 4.79 Å². The number of nitrogen functional groups attached to an aromatic ring is 1. The second kappa shape index (κ2) is 6.90. The average molecular weight is 302 g/mol. The third-order valence-electron chi connectivity index (χ3n) is 2.99. The number of carbonyl (C=O) groups excluding carboxylic acids is 1. The zero-order valence-corrected chi connectivity index (χ0v) is 12.4. The van der Waals surface area contributed by atoms with Gasteiger partial charge in [-0.15, -0.1) is 0 Å². The Balaban J connectivity index is 2.21. The standard InChI is InChI=1S/C16H16ClN3O/c1-2-15(13-10-12(17)8-9-14(13)18)19-20-16(21)11-6-4-3-5-7-11/h3-10H,2,18H2,1H3,(H,20,21)/b19-15+. The van der Waals surface area contributed by atoms with Crippen LogP contribution in [0.5, 0.6) is 0 Å². The van der Waals surface area contributed by atoms with Gasteiger partial charge in [0.1, 0.15) is 0 Å². The smallest absolute Gasteiger partial charge is 0.271 e. The first kappa shape index (κ1) is 15.1. The van der Waals surface area contributed by atoms with Gasteiger partial charge in [-0.25, -0.2) is 5.43 Å². The molecule has 2 rings (SSSR count). The maximum Gasteiger partial charge on any atom is 0.271 e. The quantitative estimate of drug-likeness (QED) is 0.516. The minimum Gasteiger partial charge on any atom is -0.398 e. The fourth-order valence-corrected chi connectivity index (χ4v) is 2.05. The normalized spacial score (nSPS) is 11.2. The number of nitrogens with two attached hydrogens (primary N) is 1. The first-order valence-electron chi connectivity index (χ1n) is 6.59. The molecule has 4 nitrogen and oxygen atoms in total. The van der Waals surface area contributed by atoms with Crippen LogP contribution in [0, 0.1) is 0 Å². The highest BCUT2D eigenvalue weighted by Gasteiger charge is 2.09. The van der Waals surface area contributed by atoms with Crippen molar-refractivity contribution < 1.29 is 4.79 Å². The summed E-state index contributed by atoms with van der Waals surface area (Å²) in [5.41, 5.74) is 11.0. The van der Waals surface area contributed by atoms with Crippen LogP contribution < -0.4 is 11.2 Å². The van der Waals surface area contributed by atoms with Gasteiger partial charge in [0.05, 0.1) is 5.71 Å². The molecule has 0 spiro atoms. The molecule has 0 heterocycles. The molecule has 0 aliphatic carbocycles. The fourth-order valence-electron chi connectivity index (χ4n) is 1.88. The van der Waals surface area contributed by atoms with Gasteiger partial charge in [-0.05, 0) is 36.8 Å². The lowest BCUT2D eigenvalue weighted by atomic mass is 10.1. The van der Waals surface area contributed by atoms with Gasteiger partial charge in [-0.2, -0.15) is 5.10 Å². The van der Waals surface area contributed by atoms with Crippen LogP contribution in [0.4, 0.5) is 5.69 Å². The Morgan fingerprint density at radius 3 is 2.62 bits per heavy atom. The molecule has 0 aliphatic heterocycles. The van der Waals surface area contributed by atoms with E-state index in [2.05, 4.69) is 10.5 Å². The second-order valence-corrected chi connectivity index (χ2v) is 4.89. The first-order valence-corrected chi connectivity index (χ1v) is 6.97. The average Bonchev–Trinajstić information content (AvgIpc) is 2.51. The lowest BCUT2D eigenvalue weighted by Gasteiger charge is -2.08. The van der Waals surface area contributed by atoms with Gasteiger partial charge in [0.25, 0.3) is 5.91 Å². The van der Waals surface area contributed by atoms with Gasteiger partial charge in [0.2, 0.25) is 0 Å². The van der Waals surface area contributed by atoms with Crippen molar-refractivity contribution >= 4 is 28.9 Å². The monoisotopic (exact) mass is 301 g/mol. The Hall–Kier alpha value is -2.33. The van der Waals surface area contributed by atoms with E-state index in [1.165, 1.54) is 0 Å². The largest absolute Gasteiger partial charge is 0.398 e. The molecule has 108 valence electrons. The zero-order valence-electron chi connectivity index (χ0n) is 11.6. The molecule has 2 aromatic carbocycles. The molecule has 0 aliphatic rings. The van der Waals surface area contributed by atoms with E-state index >= 15 is 0 Å². The third-order valence-corrected chi connectivity index (χ3v) is 3.22. The number of rotatable bonds is 4. The van der Waals surface area contributed by atoms with Crippen LogP contribution in [0.3, 0.4) is 0 Å². The summed E-state index contributed by atoms with van der Waals surface area (Å²) in [5.74, 6) is -0.262. The van der Waals surface area contributed by atoms with Crippen LogP contribution in [0.15, 0.2) is 53.6 Å². The highest BCUT2D eigenvalue weighted by atomic mass is 35.5. The van der Waals surface area contributed by atoms with E-state index in [4.69, 9.17) is 17.3 Å². The number of nitrogens with one attached hydrogen (secondary N) is 1. The third kappa shape index (κ3) is 3.83. The lowest BCUT2D eigenvalue weighted by Crippen LogP contribution is -2.20. The minimum absolute atomic E-state index is 0.262. The van der Waals surface area contributed by atoms with Crippen LogP contribution in [-0.2, 0) is 0 Å². The number of anilines is 1. The van der Waals surface area contributed by atoms with E-state index in [1.54, 1.807) is 42.5 Å². The number of nitrogens with zero attached hydrogens (tertiary/aromatic N) is 1. The van der Waals surface area contributed by atoms with Gasteiger partial charge in [-0.1, -0.05) is 36.7 Å². The summed E-state index contributed by atoms with van der Waals surface area (Å²) in [6.07, 6.45) is 0.625. The van der Waals surface area contributed by atoms with Gasteiger partial charge in [0, 0.05) is 21.8 Å². The Kier molecular flexibility index (Phi) is 4.95. The Morgan fingerprint density at radius 1 is 1.24 bits per heavy atom. The Morgan fingerprint density at radius 2 is 1.95 bits per heavy atom. The summed E-state index contributed by atoms with van der Waals surface area (Å²) >= 11 is 5.98. The van der Waals surface area contributed by atoms with Crippen LogP contribution in [0.1, 0.15) is 29.3 Å². The molecule has 0 bridgehead atoms. The number of hydrazone groups is 1. The summed E-state index contributed by atoms with van der Waals surface area (Å²) < 4.78 is 0. The van der Waals surface area contributed by atoms with Crippen LogP contribution in [0.2, 0.25) is 5.02 Å². The van der Waals surface area contributed by atoms with E-state index in [9.17, 15) is 4.79 Å². The molecule has 0 saturated heterocycles. The SMILES string of the molecule is CC/C(=N\NC(=O)c1ccccc1)c1cc(Cl)ccc1N. The van der Waals surface area contributed by atoms with Crippen molar-refractivity contribution in [3.05, 3.63) is 64.7 Å². The summed E-state index contributed by atoms with van der Waals surface area (Å²) in [7, 11) is 0. The molecular formula is C16H16ClN3O.